The Morgan fingerprint density at radius 2 is 1.95 bits per heavy atom. The van der Waals surface area contributed by atoms with E-state index < -0.39 is 0 Å². The first-order valence-corrected chi connectivity index (χ1v) is 7.72. The van der Waals surface area contributed by atoms with Crippen molar-refractivity contribution in [1.82, 2.24) is 0 Å². The van der Waals surface area contributed by atoms with Crippen LogP contribution in [0.15, 0.2) is 34.1 Å². The number of hydrogen-bond donors (Lipinski definition) is 0. The number of ether oxygens (including phenoxy) is 2. The molecule has 0 N–H and O–H groups in total. The van der Waals surface area contributed by atoms with Gasteiger partial charge in [0.1, 0.15) is 0 Å². The molecule has 2 aromatic rings. The average molecular weight is 369 g/mol. The van der Waals surface area contributed by atoms with Crippen molar-refractivity contribution in [2.45, 2.75) is 6.92 Å². The number of thiophene rings is 1. The normalized spacial score (nSPS) is 10.2. The van der Waals surface area contributed by atoms with E-state index in [1.54, 1.807) is 24.3 Å². The number of carbonyl (C=O) groups excluding carboxylic acids is 2. The molecule has 4 nitrogen and oxygen atoms in total. The van der Waals surface area contributed by atoms with Crippen LogP contribution < -0.4 is 9.47 Å². The smallest absolute Gasteiger partial charge is 0.210 e. The predicted molar refractivity (Wildman–Crippen MR) is 84.8 cm³/mol. The molecule has 21 heavy (non-hydrogen) atoms. The Bertz CT molecular complexity index is 678. The average Bonchev–Trinajstić information content (AvgIpc) is 2.91. The highest BCUT2D eigenvalue weighted by Gasteiger charge is 2.13. The van der Waals surface area contributed by atoms with Gasteiger partial charge in [-0.3, -0.25) is 9.59 Å². The van der Waals surface area contributed by atoms with E-state index in [4.69, 9.17) is 9.47 Å². The number of hydrogen-bond acceptors (Lipinski definition) is 5. The van der Waals surface area contributed by atoms with Gasteiger partial charge in [0.15, 0.2) is 23.9 Å². The summed E-state index contributed by atoms with van der Waals surface area (Å²) in [6.45, 7) is 1.40. The van der Waals surface area contributed by atoms with Crippen LogP contribution in [0.1, 0.15) is 27.0 Å². The Kier molecular flexibility index (Phi) is 5.14. The molecule has 0 bridgehead atoms. The van der Waals surface area contributed by atoms with Gasteiger partial charge >= 0.3 is 0 Å². The topological polar surface area (TPSA) is 52.6 Å². The molecule has 0 unspecified atom stereocenters. The SMILES string of the molecule is COc1cc(C(C)=O)ccc1OCC(=O)c1ccc(Br)s1. The first-order valence-electron chi connectivity index (χ1n) is 6.11. The summed E-state index contributed by atoms with van der Waals surface area (Å²) in [5, 5.41) is 0. The van der Waals surface area contributed by atoms with Gasteiger partial charge < -0.3 is 9.47 Å². The van der Waals surface area contributed by atoms with Gasteiger partial charge in [-0.1, -0.05) is 0 Å². The number of carbonyl (C=O) groups is 2. The van der Waals surface area contributed by atoms with Crippen LogP contribution in [-0.4, -0.2) is 25.3 Å². The largest absolute Gasteiger partial charge is 0.493 e. The van der Waals surface area contributed by atoms with Gasteiger partial charge in [0.2, 0.25) is 5.78 Å². The van der Waals surface area contributed by atoms with Gasteiger partial charge in [0, 0.05) is 5.56 Å². The molecule has 0 aliphatic heterocycles. The van der Waals surface area contributed by atoms with Crippen molar-refractivity contribution in [1.29, 1.82) is 0 Å². The third-order valence-electron chi connectivity index (χ3n) is 2.78. The zero-order valence-corrected chi connectivity index (χ0v) is 13.9. The molecule has 1 aromatic carbocycles. The number of halogens is 1. The zero-order valence-electron chi connectivity index (χ0n) is 11.5. The Morgan fingerprint density at radius 1 is 1.19 bits per heavy atom. The second kappa shape index (κ2) is 6.87. The third-order valence-corrected chi connectivity index (χ3v) is 4.44. The lowest BCUT2D eigenvalue weighted by atomic mass is 10.1. The van der Waals surface area contributed by atoms with Crippen LogP contribution in [0.5, 0.6) is 11.5 Å². The number of methoxy groups -OCH3 is 1. The molecule has 1 aromatic heterocycles. The minimum absolute atomic E-state index is 0.0561. The van der Waals surface area contributed by atoms with Gasteiger partial charge in [-0.05, 0) is 53.2 Å². The van der Waals surface area contributed by atoms with E-state index >= 15 is 0 Å². The molecule has 2 rings (SSSR count). The van der Waals surface area contributed by atoms with Crippen LogP contribution in [-0.2, 0) is 0 Å². The summed E-state index contributed by atoms with van der Waals surface area (Å²) in [5.41, 5.74) is 0.535. The highest BCUT2D eigenvalue weighted by atomic mass is 79.9. The lowest BCUT2D eigenvalue weighted by Crippen LogP contribution is -2.10. The van der Waals surface area contributed by atoms with E-state index in [1.807, 2.05) is 6.07 Å². The van der Waals surface area contributed by atoms with Gasteiger partial charge in [-0.25, -0.2) is 0 Å². The summed E-state index contributed by atoms with van der Waals surface area (Å²) >= 11 is 4.67. The van der Waals surface area contributed by atoms with Gasteiger partial charge in [-0.2, -0.15) is 0 Å². The lowest BCUT2D eigenvalue weighted by Gasteiger charge is -2.10. The Hall–Kier alpha value is -1.66. The minimum atomic E-state index is -0.108. The lowest BCUT2D eigenvalue weighted by molar-refractivity contribution is 0.0922. The Labute approximate surface area is 134 Å². The van der Waals surface area contributed by atoms with E-state index in [2.05, 4.69) is 15.9 Å². The molecule has 0 radical (unpaired) electrons. The zero-order chi connectivity index (χ0) is 15.4. The maximum Gasteiger partial charge on any atom is 0.210 e. The first kappa shape index (κ1) is 15.7. The third kappa shape index (κ3) is 3.92. The maximum absolute atomic E-state index is 12.0. The molecule has 0 aliphatic carbocycles. The van der Waals surface area contributed by atoms with Crippen LogP contribution in [0.4, 0.5) is 0 Å². The molecule has 0 amide bonds. The fraction of sp³-hybridized carbons (Fsp3) is 0.200. The fourth-order valence-corrected chi connectivity index (χ4v) is 2.99. The van der Waals surface area contributed by atoms with Crippen molar-refractivity contribution in [3.8, 4) is 11.5 Å². The van der Waals surface area contributed by atoms with Crippen molar-refractivity contribution in [2.24, 2.45) is 0 Å². The van der Waals surface area contributed by atoms with E-state index in [0.717, 1.165) is 3.79 Å². The van der Waals surface area contributed by atoms with Gasteiger partial charge in [0.05, 0.1) is 15.8 Å². The summed E-state index contributed by atoms with van der Waals surface area (Å²) in [6.07, 6.45) is 0. The summed E-state index contributed by atoms with van der Waals surface area (Å²) < 4.78 is 11.6. The number of rotatable bonds is 6. The van der Waals surface area contributed by atoms with E-state index in [-0.39, 0.29) is 18.2 Å². The molecular weight excluding hydrogens is 356 g/mol. The summed E-state index contributed by atoms with van der Waals surface area (Å²) in [7, 11) is 1.49. The number of Topliss-reactive ketones (excluding diaryl/α,β-unsaturated/α-hetero) is 2. The van der Waals surface area contributed by atoms with Crippen molar-refractivity contribution < 1.29 is 19.1 Å². The number of benzene rings is 1. The molecule has 0 saturated heterocycles. The van der Waals surface area contributed by atoms with Crippen molar-refractivity contribution in [3.05, 3.63) is 44.6 Å². The Balaban J connectivity index is 2.09. The Morgan fingerprint density at radius 3 is 2.52 bits per heavy atom. The molecule has 0 aliphatic rings. The van der Waals surface area contributed by atoms with Crippen molar-refractivity contribution in [2.75, 3.05) is 13.7 Å². The number of ketones is 2. The molecule has 0 atom stereocenters. The van der Waals surface area contributed by atoms with Crippen LogP contribution in [0.25, 0.3) is 0 Å². The molecular formula is C15H13BrO4S. The molecule has 6 heteroatoms. The highest BCUT2D eigenvalue weighted by Crippen LogP contribution is 2.29. The predicted octanol–water partition coefficient (Wildman–Crippen LogP) is 3.98. The monoisotopic (exact) mass is 368 g/mol. The van der Waals surface area contributed by atoms with Gasteiger partial charge in [-0.15, -0.1) is 11.3 Å². The van der Waals surface area contributed by atoms with Crippen molar-refractivity contribution >= 4 is 38.8 Å². The first-order chi connectivity index (χ1) is 10.0. The molecule has 110 valence electrons. The molecule has 0 spiro atoms. The standard InChI is InChI=1S/C15H13BrO4S/c1-9(17)10-3-4-12(13(7-10)19-2)20-8-11(18)14-5-6-15(16)21-14/h3-7H,8H2,1-2H3. The summed E-state index contributed by atoms with van der Waals surface area (Å²) in [6, 6.07) is 8.44. The van der Waals surface area contributed by atoms with Gasteiger partial charge in [0.25, 0.3) is 0 Å². The maximum atomic E-state index is 12.0. The second-order valence-electron chi connectivity index (χ2n) is 4.24. The highest BCUT2D eigenvalue weighted by molar-refractivity contribution is 9.11. The van der Waals surface area contributed by atoms with E-state index in [1.165, 1.54) is 25.4 Å². The minimum Gasteiger partial charge on any atom is -0.493 e. The van der Waals surface area contributed by atoms with Crippen molar-refractivity contribution in [3.63, 3.8) is 0 Å². The summed E-state index contributed by atoms with van der Waals surface area (Å²) in [5.74, 6) is 0.706. The molecule has 0 saturated carbocycles. The van der Waals surface area contributed by atoms with Crippen LogP contribution in [0.3, 0.4) is 0 Å². The summed E-state index contributed by atoms with van der Waals surface area (Å²) in [4.78, 5) is 23.9. The van der Waals surface area contributed by atoms with Crippen LogP contribution >= 0.6 is 27.3 Å². The molecule has 0 fully saturated rings. The fourth-order valence-electron chi connectivity index (χ4n) is 1.68. The second-order valence-corrected chi connectivity index (χ2v) is 6.70. The van der Waals surface area contributed by atoms with Crippen LogP contribution in [0, 0.1) is 0 Å². The van der Waals surface area contributed by atoms with E-state index in [9.17, 15) is 9.59 Å². The molecule has 1 heterocycles. The quantitative estimate of drug-likeness (QED) is 0.723. The van der Waals surface area contributed by atoms with Crippen LogP contribution in [0.2, 0.25) is 0 Å². The van der Waals surface area contributed by atoms with E-state index in [0.29, 0.717) is 21.9 Å².